The summed E-state index contributed by atoms with van der Waals surface area (Å²) in [5, 5.41) is 3.78. The molecule has 2 N–H and O–H groups in total. The van der Waals surface area contributed by atoms with Crippen LogP contribution in [0.2, 0.25) is 0 Å². The Morgan fingerprint density at radius 3 is 1.65 bits per heavy atom. The normalized spacial score (nSPS) is 14.1. The summed E-state index contributed by atoms with van der Waals surface area (Å²) in [5.41, 5.74) is 0. The van der Waals surface area contributed by atoms with Crippen LogP contribution >= 0.6 is 0 Å². The van der Waals surface area contributed by atoms with Gasteiger partial charge in [-0.1, -0.05) is 79.6 Å². The van der Waals surface area contributed by atoms with Gasteiger partial charge in [-0.25, -0.2) is 4.79 Å². The lowest BCUT2D eigenvalue weighted by atomic mass is 10.00. The second kappa shape index (κ2) is 15.1. The first kappa shape index (κ1) is 32.1. The third-order valence-corrected chi connectivity index (χ3v) is 5.34. The summed E-state index contributed by atoms with van der Waals surface area (Å²) in [5.74, 6) is -11.4. The summed E-state index contributed by atoms with van der Waals surface area (Å²) < 4.78 is 69.2. The minimum atomic E-state index is -6.10. The van der Waals surface area contributed by atoms with Gasteiger partial charge in [-0.15, -0.1) is 0 Å². The van der Waals surface area contributed by atoms with E-state index in [4.69, 9.17) is 4.74 Å². The quantitative estimate of drug-likeness (QED) is 0.174. The lowest BCUT2D eigenvalue weighted by molar-refractivity contribution is -0.270. The molecule has 2 amide bonds. The Labute approximate surface area is 198 Å². The van der Waals surface area contributed by atoms with Crippen molar-refractivity contribution in [1.82, 2.24) is 10.6 Å². The van der Waals surface area contributed by atoms with E-state index < -0.39 is 53.8 Å². The number of carbonyl (C=O) groups excluding carboxylic acids is 3. The van der Waals surface area contributed by atoms with E-state index in [1.165, 1.54) is 38.4 Å². The average Bonchev–Trinajstić information content (AvgIpc) is 2.72. The molecule has 0 radical (unpaired) electrons. The third-order valence-electron chi connectivity index (χ3n) is 5.34. The van der Waals surface area contributed by atoms with Gasteiger partial charge in [-0.2, -0.15) is 22.0 Å². The highest BCUT2D eigenvalue weighted by molar-refractivity contribution is 5.93. The smallest absolute Gasteiger partial charge is 0.463 e. The number of unbranched alkanes of at least 4 members (excludes halogenated alkanes) is 7. The van der Waals surface area contributed by atoms with E-state index in [1.54, 1.807) is 13.8 Å². The summed E-state index contributed by atoms with van der Waals surface area (Å²) in [6.45, 7) is 8.25. The maximum absolute atomic E-state index is 13.3. The van der Waals surface area contributed by atoms with Crippen LogP contribution in [0.1, 0.15) is 86.0 Å². The molecule has 2 unspecified atom stereocenters. The van der Waals surface area contributed by atoms with Crippen LogP contribution in [0.25, 0.3) is 0 Å². The lowest BCUT2D eigenvalue weighted by Gasteiger charge is -2.28. The molecule has 0 aliphatic rings. The zero-order valence-corrected chi connectivity index (χ0v) is 20.7. The minimum absolute atomic E-state index is 0.148. The van der Waals surface area contributed by atoms with Crippen molar-refractivity contribution in [2.45, 2.75) is 110 Å². The number of rotatable bonds is 16. The van der Waals surface area contributed by atoms with Gasteiger partial charge in [0.05, 0.1) is 6.61 Å². The predicted octanol–water partition coefficient (Wildman–Crippen LogP) is 5.15. The van der Waals surface area contributed by atoms with Gasteiger partial charge in [0.1, 0.15) is 12.1 Å². The largest absolute Gasteiger partial charge is 0.464 e. The molecule has 0 fully saturated rings. The van der Waals surface area contributed by atoms with E-state index in [0.29, 0.717) is 6.42 Å². The number of hydrogen-bond acceptors (Lipinski definition) is 4. The fourth-order valence-corrected chi connectivity index (χ4v) is 3.13. The molecule has 200 valence electrons. The fraction of sp³-hybridized carbons (Fsp3) is 0.870. The van der Waals surface area contributed by atoms with E-state index in [9.17, 15) is 36.3 Å². The van der Waals surface area contributed by atoms with E-state index in [0.717, 1.165) is 25.7 Å². The minimum Gasteiger partial charge on any atom is -0.464 e. The van der Waals surface area contributed by atoms with Gasteiger partial charge in [-0.3, -0.25) is 9.59 Å². The molecule has 0 aliphatic heterocycles. The maximum Gasteiger partial charge on any atom is 0.463 e. The Morgan fingerprint density at radius 1 is 0.735 bits per heavy atom. The van der Waals surface area contributed by atoms with Gasteiger partial charge in [0, 0.05) is 0 Å². The van der Waals surface area contributed by atoms with E-state index in [1.807, 2.05) is 0 Å². The molecule has 0 aromatic carbocycles. The van der Waals surface area contributed by atoms with E-state index in [2.05, 4.69) is 12.2 Å². The number of carbonyl (C=O) groups is 3. The van der Waals surface area contributed by atoms with Crippen molar-refractivity contribution < 1.29 is 41.1 Å². The first-order chi connectivity index (χ1) is 15.7. The molecular weight excluding hydrogens is 463 g/mol. The molecule has 6 nitrogen and oxygen atoms in total. The molecule has 0 spiro atoms. The van der Waals surface area contributed by atoms with Crippen LogP contribution in [0.5, 0.6) is 0 Å². The molecule has 11 heteroatoms. The summed E-state index contributed by atoms with van der Waals surface area (Å²) in [6, 6.07) is -2.86. The van der Waals surface area contributed by atoms with Crippen LogP contribution in [-0.4, -0.2) is 48.6 Å². The molecule has 0 aliphatic carbocycles. The number of alkyl halides is 5. The van der Waals surface area contributed by atoms with Gasteiger partial charge < -0.3 is 15.4 Å². The monoisotopic (exact) mass is 502 g/mol. The average molecular weight is 503 g/mol. The van der Waals surface area contributed by atoms with Crippen LogP contribution in [0.15, 0.2) is 0 Å². The van der Waals surface area contributed by atoms with Crippen LogP contribution < -0.4 is 10.6 Å². The van der Waals surface area contributed by atoms with Gasteiger partial charge >= 0.3 is 24.0 Å². The number of amides is 2. The summed E-state index contributed by atoms with van der Waals surface area (Å²) in [7, 11) is 0. The summed E-state index contributed by atoms with van der Waals surface area (Å²) in [6.07, 6.45) is 2.31. The van der Waals surface area contributed by atoms with Crippen LogP contribution in [0.4, 0.5) is 22.0 Å². The SMILES string of the molecule is CCCCCCCCCCOC(=O)C(NC(=O)C(NC(=O)C(F)(F)C(F)(F)F)C(C)C)C(C)C. The Morgan fingerprint density at radius 2 is 1.21 bits per heavy atom. The molecule has 0 rings (SSSR count). The Hall–Kier alpha value is -1.94. The highest BCUT2D eigenvalue weighted by atomic mass is 19.4. The topological polar surface area (TPSA) is 84.5 Å². The van der Waals surface area contributed by atoms with Crippen molar-refractivity contribution in [3.8, 4) is 0 Å². The predicted molar refractivity (Wildman–Crippen MR) is 118 cm³/mol. The number of hydrogen-bond donors (Lipinski definition) is 2. The Bertz CT molecular complexity index is 639. The molecular formula is C23H39F5N2O4. The van der Waals surface area contributed by atoms with Crippen molar-refractivity contribution in [3.05, 3.63) is 0 Å². The van der Waals surface area contributed by atoms with Crippen LogP contribution in [-0.2, 0) is 19.1 Å². The van der Waals surface area contributed by atoms with Crippen molar-refractivity contribution in [1.29, 1.82) is 0 Å². The number of ether oxygens (including phenoxy) is 1. The second-order valence-electron chi connectivity index (χ2n) is 9.14. The number of esters is 1. The zero-order valence-electron chi connectivity index (χ0n) is 20.7. The molecule has 0 heterocycles. The first-order valence-corrected chi connectivity index (χ1v) is 11.9. The summed E-state index contributed by atoms with van der Waals surface area (Å²) >= 11 is 0. The van der Waals surface area contributed by atoms with Gasteiger partial charge in [0.15, 0.2) is 0 Å². The van der Waals surface area contributed by atoms with Gasteiger partial charge in [-0.05, 0) is 18.3 Å². The second-order valence-corrected chi connectivity index (χ2v) is 9.14. The molecule has 0 aromatic rings. The van der Waals surface area contributed by atoms with Crippen LogP contribution in [0, 0.1) is 11.8 Å². The number of halogens is 5. The maximum atomic E-state index is 13.3. The molecule has 2 atom stereocenters. The first-order valence-electron chi connectivity index (χ1n) is 11.9. The lowest BCUT2D eigenvalue weighted by Crippen LogP contribution is -2.59. The van der Waals surface area contributed by atoms with Crippen molar-refractivity contribution >= 4 is 17.8 Å². The fourth-order valence-electron chi connectivity index (χ4n) is 3.13. The molecule has 0 saturated carbocycles. The van der Waals surface area contributed by atoms with Gasteiger partial charge in [0.2, 0.25) is 5.91 Å². The number of nitrogens with one attached hydrogen (secondary N) is 2. The highest BCUT2D eigenvalue weighted by Gasteiger charge is 2.63. The standard InChI is InChI=1S/C23H39F5N2O4/c1-6-7-8-9-10-11-12-13-14-34-20(32)18(16(4)5)29-19(31)17(15(2)3)30-21(33)22(24,25)23(26,27)28/h15-18H,6-14H2,1-5H3,(H,29,31)(H,30,33). The van der Waals surface area contributed by atoms with E-state index in [-0.39, 0.29) is 6.61 Å². The van der Waals surface area contributed by atoms with Crippen LogP contribution in [0.3, 0.4) is 0 Å². The molecule has 0 bridgehead atoms. The van der Waals surface area contributed by atoms with Gasteiger partial charge in [0.25, 0.3) is 0 Å². The highest BCUT2D eigenvalue weighted by Crippen LogP contribution is 2.35. The van der Waals surface area contributed by atoms with Crippen molar-refractivity contribution in [2.75, 3.05) is 6.61 Å². The Kier molecular flexibility index (Phi) is 14.3. The molecule has 0 aromatic heterocycles. The molecule has 0 saturated heterocycles. The van der Waals surface area contributed by atoms with E-state index >= 15 is 0 Å². The zero-order chi connectivity index (χ0) is 26.5. The Balaban J connectivity index is 4.84. The van der Waals surface area contributed by atoms with Crippen molar-refractivity contribution in [2.24, 2.45) is 11.8 Å². The molecule has 34 heavy (non-hydrogen) atoms. The van der Waals surface area contributed by atoms with Crippen molar-refractivity contribution in [3.63, 3.8) is 0 Å². The third kappa shape index (κ3) is 11.0. The summed E-state index contributed by atoms with van der Waals surface area (Å²) in [4.78, 5) is 36.6.